The van der Waals surface area contributed by atoms with Crippen molar-refractivity contribution in [3.63, 3.8) is 0 Å². The number of nitrogens with zero attached hydrogens (tertiary/aromatic N) is 1. The molecule has 0 aromatic heterocycles. The van der Waals surface area contributed by atoms with E-state index in [0.717, 1.165) is 25.9 Å². The predicted molar refractivity (Wildman–Crippen MR) is 92.2 cm³/mol. The minimum absolute atomic E-state index is 0. The van der Waals surface area contributed by atoms with Crippen LogP contribution < -0.4 is 10.5 Å². The molecule has 0 saturated carbocycles. The van der Waals surface area contributed by atoms with E-state index >= 15 is 0 Å². The van der Waals surface area contributed by atoms with Gasteiger partial charge >= 0.3 is 0 Å². The summed E-state index contributed by atoms with van der Waals surface area (Å²) in [5, 5.41) is 0.880. The van der Waals surface area contributed by atoms with Crippen LogP contribution in [0, 0.1) is 0 Å². The number of carbonyl (C=O) groups excluding carboxylic acids is 1. The van der Waals surface area contributed by atoms with E-state index in [1.807, 2.05) is 4.90 Å². The molecule has 1 fully saturated rings. The molecular formula is C15H21Cl3N2O2. The molecule has 124 valence electrons. The Balaban J connectivity index is 0.00000242. The number of amides is 1. The Morgan fingerprint density at radius 1 is 1.32 bits per heavy atom. The van der Waals surface area contributed by atoms with E-state index in [-0.39, 0.29) is 24.4 Å². The molecule has 1 aromatic carbocycles. The van der Waals surface area contributed by atoms with Crippen molar-refractivity contribution in [3.8, 4) is 5.75 Å². The van der Waals surface area contributed by atoms with Gasteiger partial charge in [0.05, 0.1) is 11.6 Å². The number of hydrogen-bond donors (Lipinski definition) is 1. The second kappa shape index (κ2) is 9.46. The highest BCUT2D eigenvalue weighted by atomic mass is 35.5. The molecule has 1 aliphatic rings. The quantitative estimate of drug-likeness (QED) is 0.810. The van der Waals surface area contributed by atoms with Gasteiger partial charge in [-0.1, -0.05) is 29.3 Å². The molecule has 1 aromatic rings. The van der Waals surface area contributed by atoms with Crippen molar-refractivity contribution >= 4 is 41.5 Å². The average molecular weight is 368 g/mol. The highest BCUT2D eigenvalue weighted by molar-refractivity contribution is 6.42. The van der Waals surface area contributed by atoms with Gasteiger partial charge in [-0.3, -0.25) is 4.79 Å². The normalized spacial score (nSPS) is 15.3. The summed E-state index contributed by atoms with van der Waals surface area (Å²) >= 11 is 11.9. The molecule has 4 nitrogen and oxygen atoms in total. The van der Waals surface area contributed by atoms with Crippen molar-refractivity contribution in [3.05, 3.63) is 28.2 Å². The Bertz CT molecular complexity index is 492. The van der Waals surface area contributed by atoms with Crippen molar-refractivity contribution in [2.45, 2.75) is 31.7 Å². The zero-order valence-electron chi connectivity index (χ0n) is 12.3. The van der Waals surface area contributed by atoms with Crippen molar-refractivity contribution in [2.75, 3.05) is 19.7 Å². The Morgan fingerprint density at radius 2 is 2.00 bits per heavy atom. The first kappa shape index (κ1) is 19.4. The topological polar surface area (TPSA) is 55.6 Å². The van der Waals surface area contributed by atoms with Gasteiger partial charge in [-0.2, -0.15) is 0 Å². The monoisotopic (exact) mass is 366 g/mol. The number of hydrogen-bond acceptors (Lipinski definition) is 3. The van der Waals surface area contributed by atoms with E-state index in [9.17, 15) is 4.79 Å². The molecule has 2 rings (SSSR count). The Kier molecular flexibility index (Phi) is 8.33. The Hall–Kier alpha value is -0.680. The van der Waals surface area contributed by atoms with Gasteiger partial charge in [-0.25, -0.2) is 0 Å². The number of likely N-dealkylation sites (tertiary alicyclic amines) is 1. The number of rotatable bonds is 5. The molecule has 1 aliphatic heterocycles. The maximum absolute atomic E-state index is 12.0. The molecule has 1 saturated heterocycles. The third-order valence-corrected chi connectivity index (χ3v) is 4.40. The van der Waals surface area contributed by atoms with Gasteiger partial charge in [0.1, 0.15) is 10.8 Å². The van der Waals surface area contributed by atoms with Crippen LogP contribution in [0.5, 0.6) is 5.75 Å². The maximum Gasteiger partial charge on any atom is 0.222 e. The first-order chi connectivity index (χ1) is 10.1. The number of carbonyl (C=O) groups is 1. The van der Waals surface area contributed by atoms with E-state index < -0.39 is 0 Å². The third kappa shape index (κ3) is 5.51. The summed E-state index contributed by atoms with van der Waals surface area (Å²) in [7, 11) is 0. The van der Waals surface area contributed by atoms with Gasteiger partial charge < -0.3 is 15.4 Å². The lowest BCUT2D eigenvalue weighted by molar-refractivity contribution is -0.132. The molecule has 0 spiro atoms. The van der Waals surface area contributed by atoms with Crippen LogP contribution in [-0.4, -0.2) is 36.5 Å². The number of nitrogens with two attached hydrogens (primary N) is 1. The van der Waals surface area contributed by atoms with Gasteiger partial charge in [0.25, 0.3) is 0 Å². The fourth-order valence-electron chi connectivity index (χ4n) is 2.31. The summed E-state index contributed by atoms with van der Waals surface area (Å²) in [6.07, 6.45) is 2.92. The molecule has 7 heteroatoms. The number of ether oxygens (including phenoxy) is 1. The lowest BCUT2D eigenvalue weighted by Crippen LogP contribution is -2.42. The van der Waals surface area contributed by atoms with E-state index in [4.69, 9.17) is 33.7 Å². The first-order valence-electron chi connectivity index (χ1n) is 7.18. The molecule has 1 heterocycles. The highest BCUT2D eigenvalue weighted by Crippen LogP contribution is 2.31. The van der Waals surface area contributed by atoms with Gasteiger partial charge in [-0.05, 0) is 31.4 Å². The molecule has 2 N–H and O–H groups in total. The lowest BCUT2D eigenvalue weighted by atomic mass is 10.1. The Morgan fingerprint density at radius 3 is 2.68 bits per heavy atom. The summed E-state index contributed by atoms with van der Waals surface area (Å²) in [6.45, 7) is 1.97. The molecule has 0 unspecified atom stereocenters. The molecule has 1 amide bonds. The van der Waals surface area contributed by atoms with Crippen LogP contribution in [0.25, 0.3) is 0 Å². The third-order valence-electron chi connectivity index (χ3n) is 3.60. The Labute approximate surface area is 147 Å². The molecule has 0 radical (unpaired) electrons. The fourth-order valence-corrected chi connectivity index (χ4v) is 2.65. The summed E-state index contributed by atoms with van der Waals surface area (Å²) < 4.78 is 5.57. The molecule has 0 atom stereocenters. The van der Waals surface area contributed by atoms with Crippen LogP contribution in [0.3, 0.4) is 0 Å². The summed E-state index contributed by atoms with van der Waals surface area (Å²) in [5.41, 5.74) is 5.83. The van der Waals surface area contributed by atoms with Gasteiger partial charge in [-0.15, -0.1) is 12.4 Å². The molecule has 22 heavy (non-hydrogen) atoms. The standard InChI is InChI=1S/C15H20Cl2N2O2.ClH/c16-12-3-1-4-13(15(12)17)21-10-2-5-14(20)19-8-6-11(18)7-9-19;/h1,3-4,11H,2,5-10,18H2;1H. The van der Waals surface area contributed by atoms with Crippen molar-refractivity contribution in [1.29, 1.82) is 0 Å². The summed E-state index contributed by atoms with van der Waals surface area (Å²) in [6, 6.07) is 5.50. The van der Waals surface area contributed by atoms with Crippen LogP contribution in [0.15, 0.2) is 18.2 Å². The van der Waals surface area contributed by atoms with Gasteiger partial charge in [0.2, 0.25) is 5.91 Å². The number of piperidine rings is 1. The van der Waals surface area contributed by atoms with Crippen LogP contribution in [-0.2, 0) is 4.79 Å². The van der Waals surface area contributed by atoms with Crippen LogP contribution in [0.1, 0.15) is 25.7 Å². The predicted octanol–water partition coefficient (Wildman–Crippen LogP) is 3.52. The summed E-state index contributed by atoms with van der Waals surface area (Å²) in [5.74, 6) is 0.725. The van der Waals surface area contributed by atoms with Crippen LogP contribution in [0.4, 0.5) is 0 Å². The molecule has 0 bridgehead atoms. The van der Waals surface area contributed by atoms with E-state index in [1.165, 1.54) is 0 Å². The highest BCUT2D eigenvalue weighted by Gasteiger charge is 2.19. The van der Waals surface area contributed by atoms with Crippen LogP contribution in [0.2, 0.25) is 10.0 Å². The summed E-state index contributed by atoms with van der Waals surface area (Å²) in [4.78, 5) is 13.9. The SMILES string of the molecule is Cl.NC1CCN(C(=O)CCCOc2cccc(Cl)c2Cl)CC1. The largest absolute Gasteiger partial charge is 0.492 e. The number of benzene rings is 1. The maximum atomic E-state index is 12.0. The van der Waals surface area contributed by atoms with Gasteiger partial charge in [0, 0.05) is 25.6 Å². The van der Waals surface area contributed by atoms with Gasteiger partial charge in [0.15, 0.2) is 0 Å². The minimum atomic E-state index is 0. The smallest absolute Gasteiger partial charge is 0.222 e. The van der Waals surface area contributed by atoms with Crippen LogP contribution >= 0.6 is 35.6 Å². The average Bonchev–Trinajstić information content (AvgIpc) is 2.48. The van der Waals surface area contributed by atoms with E-state index in [2.05, 4.69) is 0 Å². The van der Waals surface area contributed by atoms with E-state index in [1.54, 1.807) is 18.2 Å². The first-order valence-corrected chi connectivity index (χ1v) is 7.93. The molecule has 0 aliphatic carbocycles. The van der Waals surface area contributed by atoms with E-state index in [0.29, 0.717) is 35.2 Å². The second-order valence-electron chi connectivity index (χ2n) is 5.22. The lowest BCUT2D eigenvalue weighted by Gasteiger charge is -2.30. The van der Waals surface area contributed by atoms with Crippen molar-refractivity contribution in [2.24, 2.45) is 5.73 Å². The zero-order valence-corrected chi connectivity index (χ0v) is 14.6. The van der Waals surface area contributed by atoms with Crippen molar-refractivity contribution < 1.29 is 9.53 Å². The second-order valence-corrected chi connectivity index (χ2v) is 6.01. The van der Waals surface area contributed by atoms with Crippen molar-refractivity contribution in [1.82, 2.24) is 4.90 Å². The number of halogens is 3. The minimum Gasteiger partial charge on any atom is -0.492 e. The molecular weight excluding hydrogens is 347 g/mol. The zero-order chi connectivity index (χ0) is 15.2. The fraction of sp³-hybridized carbons (Fsp3) is 0.533.